The van der Waals surface area contributed by atoms with Crippen molar-refractivity contribution in [1.82, 2.24) is 0 Å². The van der Waals surface area contributed by atoms with Gasteiger partial charge in [-0.3, -0.25) is 0 Å². The number of aryl methyl sites for hydroxylation is 1. The first-order chi connectivity index (χ1) is 19.3. The van der Waals surface area contributed by atoms with Crippen LogP contribution < -0.4 is 9.47 Å². The maximum atomic E-state index is 8.83. The molecule has 0 radical (unpaired) electrons. The lowest BCUT2D eigenvalue weighted by atomic mass is 9.69. The largest absolute Gasteiger partial charge is 0.494 e. The minimum Gasteiger partial charge on any atom is -0.494 e. The average molecular weight is 523 g/mol. The highest BCUT2D eigenvalue weighted by Gasteiger charge is 2.32. The Morgan fingerprint density at radius 1 is 0.667 bits per heavy atom. The number of aliphatic hydroxyl groups is 1. The van der Waals surface area contributed by atoms with Crippen LogP contribution >= 0.6 is 0 Å². The summed E-state index contributed by atoms with van der Waals surface area (Å²) in [6.45, 7) is 2.60. The predicted molar refractivity (Wildman–Crippen MR) is 156 cm³/mol. The van der Waals surface area contributed by atoms with Crippen molar-refractivity contribution in [3.05, 3.63) is 131 Å². The summed E-state index contributed by atoms with van der Waals surface area (Å²) in [5, 5.41) is 8.83. The third-order valence-electron chi connectivity index (χ3n) is 7.44. The molecule has 0 heterocycles. The maximum absolute atomic E-state index is 8.83. The molecule has 0 aromatic heterocycles. The normalized spacial score (nSPS) is 16.4. The monoisotopic (exact) mass is 522 g/mol. The van der Waals surface area contributed by atoms with Gasteiger partial charge in [0.25, 0.3) is 0 Å². The summed E-state index contributed by atoms with van der Waals surface area (Å²) in [6.07, 6.45) is 3.64. The zero-order valence-corrected chi connectivity index (χ0v) is 22.5. The van der Waals surface area contributed by atoms with Gasteiger partial charge in [0.2, 0.25) is 0 Å². The number of hydrogen-bond acceptors (Lipinski definition) is 4. The van der Waals surface area contributed by atoms with E-state index in [1.807, 2.05) is 18.2 Å². The summed E-state index contributed by atoms with van der Waals surface area (Å²) in [5.41, 5.74) is 6.63. The number of rotatable bonds is 13. The lowest BCUT2D eigenvalue weighted by molar-refractivity contribution is 0.104. The molecule has 1 aliphatic rings. The molecule has 1 N–H and O–H groups in total. The van der Waals surface area contributed by atoms with Crippen LogP contribution in [0.4, 0.5) is 0 Å². The van der Waals surface area contributed by atoms with Gasteiger partial charge in [-0.25, -0.2) is 0 Å². The quantitative estimate of drug-likeness (QED) is 0.187. The van der Waals surface area contributed by atoms with E-state index in [4.69, 9.17) is 19.3 Å². The molecule has 4 aromatic rings. The first kappa shape index (κ1) is 27.0. The first-order valence-corrected chi connectivity index (χ1v) is 14.1. The molecule has 5 rings (SSSR count). The lowest BCUT2D eigenvalue weighted by Gasteiger charge is -2.35. The first-order valence-electron chi connectivity index (χ1n) is 14.1. The van der Waals surface area contributed by atoms with Crippen LogP contribution in [0.25, 0.3) is 0 Å². The second kappa shape index (κ2) is 14.0. The van der Waals surface area contributed by atoms with Crippen molar-refractivity contribution in [3.8, 4) is 11.5 Å². The Balaban J connectivity index is 1.31. The topological polar surface area (TPSA) is 47.9 Å². The van der Waals surface area contributed by atoms with Crippen molar-refractivity contribution in [2.24, 2.45) is 0 Å². The van der Waals surface area contributed by atoms with Gasteiger partial charge in [-0.15, -0.1) is 0 Å². The zero-order chi connectivity index (χ0) is 26.7. The Hall–Kier alpha value is -3.60. The summed E-state index contributed by atoms with van der Waals surface area (Å²) >= 11 is 0. The third kappa shape index (κ3) is 7.29. The van der Waals surface area contributed by atoms with Crippen LogP contribution in [0.3, 0.4) is 0 Å². The Morgan fingerprint density at radius 3 is 2.15 bits per heavy atom. The molecular formula is C35H38O4. The fourth-order valence-electron chi connectivity index (χ4n) is 5.49. The van der Waals surface area contributed by atoms with Crippen molar-refractivity contribution in [2.45, 2.75) is 44.1 Å². The van der Waals surface area contributed by atoms with Crippen molar-refractivity contribution < 1.29 is 19.3 Å². The Kier molecular flexibility index (Phi) is 9.67. The highest BCUT2D eigenvalue weighted by molar-refractivity contribution is 5.48. The van der Waals surface area contributed by atoms with Crippen molar-refractivity contribution in [2.75, 3.05) is 26.4 Å². The molecule has 0 spiro atoms. The molecular weight excluding hydrogens is 484 g/mol. The molecule has 1 aliphatic carbocycles. The van der Waals surface area contributed by atoms with Crippen LogP contribution in [0.1, 0.15) is 58.9 Å². The summed E-state index contributed by atoms with van der Waals surface area (Å²) in [7, 11) is 0. The van der Waals surface area contributed by atoms with Crippen LogP contribution in [0, 0.1) is 0 Å². The molecule has 0 fully saturated rings. The molecule has 0 saturated carbocycles. The van der Waals surface area contributed by atoms with E-state index in [0.717, 1.165) is 30.8 Å². The summed E-state index contributed by atoms with van der Waals surface area (Å²) in [6, 6.07) is 36.5. The lowest BCUT2D eigenvalue weighted by Crippen LogP contribution is -2.20. The van der Waals surface area contributed by atoms with Gasteiger partial charge in [0.05, 0.1) is 6.61 Å². The number of fused-ring (bicyclic) bond motifs is 1. The Labute approximate surface area is 232 Å². The van der Waals surface area contributed by atoms with Crippen LogP contribution in [0.15, 0.2) is 103 Å². The van der Waals surface area contributed by atoms with Crippen LogP contribution in [-0.2, 0) is 17.8 Å². The standard InChI is InChI=1S/C35H38O4/c36-21-7-22-37-23-8-24-38-31-16-13-29(14-17-31)35-33(28-11-5-2-6-12-28)19-15-30-25-32(18-20-34(30)35)39-26-27-9-3-1-4-10-27/h1-6,9-14,16-18,20,25,33,35-36H,7-8,15,19,21-24,26H2/t33-,35?/m1/s1. The zero-order valence-electron chi connectivity index (χ0n) is 22.5. The predicted octanol–water partition coefficient (Wildman–Crippen LogP) is 7.30. The fraction of sp³-hybridized carbons (Fsp3) is 0.314. The van der Waals surface area contributed by atoms with Gasteiger partial charge in [-0.2, -0.15) is 0 Å². The smallest absolute Gasteiger partial charge is 0.120 e. The number of aliphatic hydroxyl groups excluding tert-OH is 1. The summed E-state index contributed by atoms with van der Waals surface area (Å²) in [4.78, 5) is 0. The SMILES string of the molecule is OCCCOCCCOc1ccc(C2c3ccc(OCc4ccccc4)cc3CC[C@@H]2c2ccccc2)cc1. The molecule has 0 aliphatic heterocycles. The molecule has 202 valence electrons. The number of ether oxygens (including phenoxy) is 3. The highest BCUT2D eigenvalue weighted by Crippen LogP contribution is 2.47. The van der Waals surface area contributed by atoms with Gasteiger partial charge in [0.15, 0.2) is 0 Å². The van der Waals surface area contributed by atoms with Gasteiger partial charge < -0.3 is 19.3 Å². The van der Waals surface area contributed by atoms with Crippen molar-refractivity contribution in [1.29, 1.82) is 0 Å². The molecule has 2 atom stereocenters. The van der Waals surface area contributed by atoms with E-state index >= 15 is 0 Å². The number of hydrogen-bond donors (Lipinski definition) is 1. The van der Waals surface area contributed by atoms with Gasteiger partial charge in [0.1, 0.15) is 18.1 Å². The fourth-order valence-corrected chi connectivity index (χ4v) is 5.49. The van der Waals surface area contributed by atoms with E-state index in [-0.39, 0.29) is 12.5 Å². The van der Waals surface area contributed by atoms with E-state index in [1.54, 1.807) is 0 Å². The van der Waals surface area contributed by atoms with Crippen LogP contribution in [-0.4, -0.2) is 31.5 Å². The average Bonchev–Trinajstić information content (AvgIpc) is 3.00. The number of benzene rings is 4. The summed E-state index contributed by atoms with van der Waals surface area (Å²) < 4.78 is 17.6. The van der Waals surface area contributed by atoms with Gasteiger partial charge in [-0.1, -0.05) is 78.9 Å². The van der Waals surface area contributed by atoms with Gasteiger partial charge in [0, 0.05) is 32.2 Å². The van der Waals surface area contributed by atoms with Crippen LogP contribution in [0.5, 0.6) is 11.5 Å². The van der Waals surface area contributed by atoms with E-state index in [2.05, 4.69) is 84.9 Å². The van der Waals surface area contributed by atoms with E-state index in [9.17, 15) is 0 Å². The van der Waals surface area contributed by atoms with E-state index < -0.39 is 0 Å². The second-order valence-electron chi connectivity index (χ2n) is 10.1. The molecule has 4 aromatic carbocycles. The molecule has 0 amide bonds. The molecule has 4 heteroatoms. The third-order valence-corrected chi connectivity index (χ3v) is 7.44. The molecule has 1 unspecified atom stereocenters. The highest BCUT2D eigenvalue weighted by atomic mass is 16.5. The minimum atomic E-state index is 0.169. The van der Waals surface area contributed by atoms with Gasteiger partial charge >= 0.3 is 0 Å². The second-order valence-corrected chi connectivity index (χ2v) is 10.1. The van der Waals surface area contributed by atoms with Gasteiger partial charge in [-0.05, 0) is 77.3 Å². The van der Waals surface area contributed by atoms with Crippen molar-refractivity contribution in [3.63, 3.8) is 0 Å². The van der Waals surface area contributed by atoms with Crippen molar-refractivity contribution >= 4 is 0 Å². The minimum absolute atomic E-state index is 0.169. The Morgan fingerprint density at radius 2 is 1.38 bits per heavy atom. The van der Waals surface area contributed by atoms with E-state index in [1.165, 1.54) is 27.8 Å². The maximum Gasteiger partial charge on any atom is 0.120 e. The van der Waals surface area contributed by atoms with E-state index in [0.29, 0.717) is 38.8 Å². The van der Waals surface area contributed by atoms with Crippen LogP contribution in [0.2, 0.25) is 0 Å². The molecule has 0 saturated heterocycles. The molecule has 4 nitrogen and oxygen atoms in total. The Bertz CT molecular complexity index is 1270. The molecule has 39 heavy (non-hydrogen) atoms. The summed E-state index contributed by atoms with van der Waals surface area (Å²) in [5.74, 6) is 2.50. The molecule has 0 bridgehead atoms.